The van der Waals surface area contributed by atoms with Gasteiger partial charge in [-0.1, -0.05) is 30.3 Å². The van der Waals surface area contributed by atoms with E-state index in [4.69, 9.17) is 4.74 Å². The predicted molar refractivity (Wildman–Crippen MR) is 74.2 cm³/mol. The molecule has 0 radical (unpaired) electrons. The van der Waals surface area contributed by atoms with Crippen LogP contribution in [0.2, 0.25) is 0 Å². The van der Waals surface area contributed by atoms with Gasteiger partial charge >= 0.3 is 0 Å². The van der Waals surface area contributed by atoms with Gasteiger partial charge in [0.2, 0.25) is 0 Å². The third kappa shape index (κ3) is 4.12. The Morgan fingerprint density at radius 1 is 1.05 bits per heavy atom. The minimum atomic E-state index is -0.0635. The van der Waals surface area contributed by atoms with Crippen molar-refractivity contribution in [3.8, 4) is 5.75 Å². The fraction of sp³-hybridized carbons (Fsp3) is 0.133. The molecule has 0 aliphatic carbocycles. The van der Waals surface area contributed by atoms with Crippen molar-refractivity contribution in [2.75, 3.05) is 7.11 Å². The maximum atomic E-state index is 11.8. The summed E-state index contributed by atoms with van der Waals surface area (Å²) in [6.45, 7) is 0.512. The largest absolute Gasteiger partial charge is 0.497 e. The van der Waals surface area contributed by atoms with Gasteiger partial charge in [-0.15, -0.1) is 0 Å². The summed E-state index contributed by atoms with van der Waals surface area (Å²) in [7, 11) is 1.63. The molecule has 4 nitrogen and oxygen atoms in total. The monoisotopic (exact) mass is 259 g/mol. The summed E-state index contributed by atoms with van der Waals surface area (Å²) in [5.41, 5.74) is 1.71. The van der Waals surface area contributed by atoms with Crippen molar-refractivity contribution in [1.82, 2.24) is 5.32 Å². The average molecular weight is 259 g/mol. The number of carbonyl (C=O) groups is 1. The molecule has 1 amide bonds. The fourth-order valence-electron chi connectivity index (χ4n) is 1.62. The first kappa shape index (κ1) is 14.7. The quantitative estimate of drug-likeness (QED) is 0.909. The Labute approximate surface area is 112 Å². The van der Waals surface area contributed by atoms with Crippen LogP contribution in [0, 0.1) is 0 Å². The van der Waals surface area contributed by atoms with Crippen molar-refractivity contribution in [1.29, 1.82) is 0 Å². The molecule has 0 fully saturated rings. The van der Waals surface area contributed by atoms with E-state index in [-0.39, 0.29) is 11.4 Å². The summed E-state index contributed by atoms with van der Waals surface area (Å²) in [5.74, 6) is 0.750. The van der Waals surface area contributed by atoms with Crippen LogP contribution in [0.4, 0.5) is 0 Å². The Morgan fingerprint density at radius 3 is 2.26 bits per heavy atom. The first-order valence-electron chi connectivity index (χ1n) is 5.76. The third-order valence-corrected chi connectivity index (χ3v) is 2.65. The molecule has 0 bridgehead atoms. The lowest BCUT2D eigenvalue weighted by atomic mass is 10.2. The molecule has 0 saturated heterocycles. The minimum absolute atomic E-state index is 0. The minimum Gasteiger partial charge on any atom is -0.497 e. The van der Waals surface area contributed by atoms with E-state index >= 15 is 0 Å². The molecular formula is C15H17NO3. The zero-order valence-corrected chi connectivity index (χ0v) is 10.7. The van der Waals surface area contributed by atoms with E-state index in [0.29, 0.717) is 12.1 Å². The third-order valence-electron chi connectivity index (χ3n) is 2.65. The van der Waals surface area contributed by atoms with E-state index in [1.165, 1.54) is 0 Å². The van der Waals surface area contributed by atoms with Gasteiger partial charge in [-0.25, -0.2) is 0 Å². The van der Waals surface area contributed by atoms with Crippen LogP contribution >= 0.6 is 0 Å². The molecule has 2 rings (SSSR count). The lowest BCUT2D eigenvalue weighted by Gasteiger charge is -2.06. The van der Waals surface area contributed by atoms with Gasteiger partial charge in [0.15, 0.2) is 0 Å². The van der Waals surface area contributed by atoms with Crippen LogP contribution in [0.5, 0.6) is 5.75 Å². The lowest BCUT2D eigenvalue weighted by molar-refractivity contribution is 0.0951. The van der Waals surface area contributed by atoms with Crippen LogP contribution in [-0.4, -0.2) is 18.5 Å². The van der Waals surface area contributed by atoms with Crippen LogP contribution in [-0.2, 0) is 6.54 Å². The molecule has 0 aliphatic heterocycles. The Kier molecular flexibility index (Phi) is 5.57. The predicted octanol–water partition coefficient (Wildman–Crippen LogP) is 1.80. The Morgan fingerprint density at radius 2 is 1.68 bits per heavy atom. The lowest BCUT2D eigenvalue weighted by Crippen LogP contribution is -2.22. The van der Waals surface area contributed by atoms with Gasteiger partial charge in [0, 0.05) is 12.1 Å². The Balaban J connectivity index is 0.00000180. The SMILES string of the molecule is COc1ccc(CNC(=O)c2ccccc2)cc1.O. The molecule has 0 saturated carbocycles. The first-order chi connectivity index (χ1) is 8.79. The average Bonchev–Trinajstić information content (AvgIpc) is 2.46. The normalized spacial score (nSPS) is 9.32. The van der Waals surface area contributed by atoms with E-state index < -0.39 is 0 Å². The summed E-state index contributed by atoms with van der Waals surface area (Å²) in [6, 6.07) is 16.8. The number of ether oxygens (including phenoxy) is 1. The van der Waals surface area contributed by atoms with E-state index in [9.17, 15) is 4.79 Å². The summed E-state index contributed by atoms with van der Waals surface area (Å²) in [4.78, 5) is 11.8. The van der Waals surface area contributed by atoms with Gasteiger partial charge in [-0.05, 0) is 29.8 Å². The van der Waals surface area contributed by atoms with Crippen LogP contribution in [0.1, 0.15) is 15.9 Å². The highest BCUT2D eigenvalue weighted by Gasteiger charge is 2.03. The van der Waals surface area contributed by atoms with Crippen molar-refractivity contribution in [3.63, 3.8) is 0 Å². The molecule has 4 heteroatoms. The second-order valence-corrected chi connectivity index (χ2v) is 3.90. The Bertz CT molecular complexity index is 509. The maximum Gasteiger partial charge on any atom is 0.251 e. The molecule has 100 valence electrons. The molecule has 3 N–H and O–H groups in total. The van der Waals surface area contributed by atoms with Gasteiger partial charge in [-0.2, -0.15) is 0 Å². The van der Waals surface area contributed by atoms with E-state index in [1.807, 2.05) is 42.5 Å². The molecule has 0 atom stereocenters. The van der Waals surface area contributed by atoms with Crippen molar-refractivity contribution in [2.45, 2.75) is 6.54 Å². The number of carbonyl (C=O) groups excluding carboxylic acids is 1. The molecule has 19 heavy (non-hydrogen) atoms. The highest BCUT2D eigenvalue weighted by molar-refractivity contribution is 5.94. The van der Waals surface area contributed by atoms with Gasteiger partial charge < -0.3 is 15.5 Å². The highest BCUT2D eigenvalue weighted by atomic mass is 16.5. The van der Waals surface area contributed by atoms with Crippen LogP contribution in [0.25, 0.3) is 0 Å². The second kappa shape index (κ2) is 7.18. The molecule has 2 aromatic rings. The molecule has 0 aromatic heterocycles. The van der Waals surface area contributed by atoms with Gasteiger partial charge in [-0.3, -0.25) is 4.79 Å². The topological polar surface area (TPSA) is 69.8 Å². The summed E-state index contributed by atoms with van der Waals surface area (Å²) in [6.07, 6.45) is 0. The zero-order chi connectivity index (χ0) is 12.8. The zero-order valence-electron chi connectivity index (χ0n) is 10.7. The number of nitrogens with one attached hydrogen (secondary N) is 1. The second-order valence-electron chi connectivity index (χ2n) is 3.90. The standard InChI is InChI=1S/C15H15NO2.H2O/c1-18-14-9-7-12(8-10-14)11-16-15(17)13-5-3-2-4-6-13;/h2-10H,11H2,1H3,(H,16,17);1H2. The molecule has 0 spiro atoms. The summed E-state index contributed by atoms with van der Waals surface area (Å²) < 4.78 is 5.08. The van der Waals surface area contributed by atoms with Crippen molar-refractivity contribution in [2.24, 2.45) is 0 Å². The number of hydrogen-bond donors (Lipinski definition) is 1. The van der Waals surface area contributed by atoms with Crippen molar-refractivity contribution < 1.29 is 15.0 Å². The molecule has 0 heterocycles. The van der Waals surface area contributed by atoms with Crippen molar-refractivity contribution in [3.05, 3.63) is 65.7 Å². The van der Waals surface area contributed by atoms with E-state index in [2.05, 4.69) is 5.32 Å². The molecule has 0 aliphatic rings. The van der Waals surface area contributed by atoms with Crippen LogP contribution in [0.3, 0.4) is 0 Å². The molecular weight excluding hydrogens is 242 g/mol. The van der Waals surface area contributed by atoms with Gasteiger partial charge in [0.1, 0.15) is 5.75 Å². The summed E-state index contributed by atoms with van der Waals surface area (Å²) in [5, 5.41) is 2.87. The number of methoxy groups -OCH3 is 1. The number of hydrogen-bond acceptors (Lipinski definition) is 2. The van der Waals surface area contributed by atoms with Crippen molar-refractivity contribution >= 4 is 5.91 Å². The highest BCUT2D eigenvalue weighted by Crippen LogP contribution is 2.11. The van der Waals surface area contributed by atoms with E-state index in [0.717, 1.165) is 11.3 Å². The number of rotatable bonds is 4. The number of amides is 1. The molecule has 0 unspecified atom stereocenters. The van der Waals surface area contributed by atoms with E-state index in [1.54, 1.807) is 19.2 Å². The van der Waals surface area contributed by atoms with Gasteiger partial charge in [0.05, 0.1) is 7.11 Å². The smallest absolute Gasteiger partial charge is 0.251 e. The Hall–Kier alpha value is -2.33. The number of benzene rings is 2. The van der Waals surface area contributed by atoms with Crippen LogP contribution in [0.15, 0.2) is 54.6 Å². The maximum absolute atomic E-state index is 11.8. The fourth-order valence-corrected chi connectivity index (χ4v) is 1.62. The van der Waals surface area contributed by atoms with Gasteiger partial charge in [0.25, 0.3) is 5.91 Å². The first-order valence-corrected chi connectivity index (χ1v) is 5.76. The van der Waals surface area contributed by atoms with Crippen LogP contribution < -0.4 is 10.1 Å². The molecule has 2 aromatic carbocycles. The summed E-state index contributed by atoms with van der Waals surface area (Å²) >= 11 is 0.